The summed E-state index contributed by atoms with van der Waals surface area (Å²) in [5.41, 5.74) is 2.09. The van der Waals surface area contributed by atoms with Gasteiger partial charge in [-0.05, 0) is 12.1 Å². The maximum absolute atomic E-state index is 10.8. The zero-order valence-corrected chi connectivity index (χ0v) is 9.18. The highest BCUT2D eigenvalue weighted by atomic mass is 16.6. The van der Waals surface area contributed by atoms with Gasteiger partial charge in [0.05, 0.1) is 16.0 Å². The van der Waals surface area contributed by atoms with Gasteiger partial charge in [-0.2, -0.15) is 5.26 Å². The van der Waals surface area contributed by atoms with Crippen molar-refractivity contribution in [1.29, 1.82) is 5.26 Å². The van der Waals surface area contributed by atoms with Gasteiger partial charge >= 0.3 is 0 Å². The lowest BCUT2D eigenvalue weighted by molar-refractivity contribution is -0.384. The molecule has 0 aliphatic heterocycles. The van der Waals surface area contributed by atoms with E-state index in [4.69, 9.17) is 5.26 Å². The second-order valence-corrected chi connectivity index (χ2v) is 3.95. The van der Waals surface area contributed by atoms with Crippen LogP contribution in [0.25, 0.3) is 21.8 Å². The fourth-order valence-electron chi connectivity index (χ4n) is 2.12. The fraction of sp³-hybridized carbons (Fsp3) is 0. The van der Waals surface area contributed by atoms with Crippen LogP contribution in [0, 0.1) is 21.4 Å². The summed E-state index contributed by atoms with van der Waals surface area (Å²) < 4.78 is 0. The molecule has 86 valence electrons. The molecule has 0 aliphatic rings. The average Bonchev–Trinajstić information content (AvgIpc) is 2.76. The number of para-hydroxylation sites is 1. The predicted molar refractivity (Wildman–Crippen MR) is 67.2 cm³/mol. The number of nitriles is 1. The number of nitrogens with one attached hydrogen (secondary N) is 1. The maximum atomic E-state index is 10.8. The van der Waals surface area contributed by atoms with E-state index >= 15 is 0 Å². The van der Waals surface area contributed by atoms with Gasteiger partial charge in [0, 0.05) is 28.4 Å². The highest BCUT2D eigenvalue weighted by Crippen LogP contribution is 2.29. The molecule has 3 aromatic rings. The van der Waals surface area contributed by atoms with Gasteiger partial charge in [0.2, 0.25) is 0 Å². The molecule has 0 saturated carbocycles. The highest BCUT2D eigenvalue weighted by Gasteiger charge is 2.11. The number of aromatic nitrogens is 1. The van der Waals surface area contributed by atoms with E-state index in [9.17, 15) is 10.1 Å². The number of nitro benzene ring substituents is 1. The van der Waals surface area contributed by atoms with Crippen LogP contribution in [-0.4, -0.2) is 9.91 Å². The van der Waals surface area contributed by atoms with E-state index in [-0.39, 0.29) is 5.69 Å². The Hall–Kier alpha value is -2.87. The van der Waals surface area contributed by atoms with Gasteiger partial charge in [0.15, 0.2) is 0 Å². The number of hydrogen-bond acceptors (Lipinski definition) is 3. The topological polar surface area (TPSA) is 82.7 Å². The number of fused-ring (bicyclic) bond motifs is 3. The Balaban J connectivity index is 2.46. The Bertz CT molecular complexity index is 827. The van der Waals surface area contributed by atoms with Gasteiger partial charge < -0.3 is 4.98 Å². The number of nitrogens with zero attached hydrogens (tertiary/aromatic N) is 2. The number of nitro groups is 1. The Morgan fingerprint density at radius 1 is 1.22 bits per heavy atom. The maximum Gasteiger partial charge on any atom is 0.270 e. The first-order valence-electron chi connectivity index (χ1n) is 5.29. The Morgan fingerprint density at radius 3 is 2.78 bits per heavy atom. The summed E-state index contributed by atoms with van der Waals surface area (Å²) >= 11 is 0. The molecule has 0 atom stereocenters. The summed E-state index contributed by atoms with van der Waals surface area (Å²) in [5, 5.41) is 21.4. The van der Waals surface area contributed by atoms with Crippen LogP contribution in [0.4, 0.5) is 5.69 Å². The SMILES string of the molecule is N#Cc1cccc2c1[nH]c1ccc([N+](=O)[O-])cc12. The first-order chi connectivity index (χ1) is 8.70. The van der Waals surface area contributed by atoms with E-state index in [2.05, 4.69) is 11.1 Å². The molecule has 1 heterocycles. The quantitative estimate of drug-likeness (QED) is 0.521. The van der Waals surface area contributed by atoms with Gasteiger partial charge in [-0.25, -0.2) is 0 Å². The lowest BCUT2D eigenvalue weighted by atomic mass is 10.1. The van der Waals surface area contributed by atoms with Crippen LogP contribution >= 0.6 is 0 Å². The molecule has 1 aromatic heterocycles. The van der Waals surface area contributed by atoms with E-state index < -0.39 is 4.92 Å². The molecule has 0 aliphatic carbocycles. The monoisotopic (exact) mass is 237 g/mol. The summed E-state index contributed by atoms with van der Waals surface area (Å²) in [6.07, 6.45) is 0. The van der Waals surface area contributed by atoms with Crippen molar-refractivity contribution in [2.45, 2.75) is 0 Å². The van der Waals surface area contributed by atoms with Crippen LogP contribution in [0.15, 0.2) is 36.4 Å². The molecule has 3 rings (SSSR count). The predicted octanol–water partition coefficient (Wildman–Crippen LogP) is 3.10. The van der Waals surface area contributed by atoms with E-state index in [0.717, 1.165) is 21.8 Å². The molecule has 0 fully saturated rings. The minimum absolute atomic E-state index is 0.0470. The second-order valence-electron chi connectivity index (χ2n) is 3.95. The third kappa shape index (κ3) is 1.33. The standard InChI is InChI=1S/C13H7N3O2/c14-7-8-2-1-3-10-11-6-9(16(17)18)4-5-12(11)15-13(8)10/h1-6,15H. The first-order valence-corrected chi connectivity index (χ1v) is 5.29. The molecule has 0 bridgehead atoms. The van der Waals surface area contributed by atoms with Crippen molar-refractivity contribution in [2.24, 2.45) is 0 Å². The van der Waals surface area contributed by atoms with Crippen molar-refractivity contribution in [3.8, 4) is 6.07 Å². The Morgan fingerprint density at radius 2 is 2.06 bits per heavy atom. The van der Waals surface area contributed by atoms with Gasteiger partial charge in [-0.3, -0.25) is 10.1 Å². The summed E-state index contributed by atoms with van der Waals surface area (Å²) in [6, 6.07) is 12.1. The third-order valence-electron chi connectivity index (χ3n) is 2.95. The van der Waals surface area contributed by atoms with Crippen molar-refractivity contribution in [3.05, 3.63) is 52.1 Å². The van der Waals surface area contributed by atoms with E-state index in [1.807, 2.05) is 6.07 Å². The largest absolute Gasteiger partial charge is 0.353 e. The van der Waals surface area contributed by atoms with Gasteiger partial charge in [0.1, 0.15) is 6.07 Å². The highest BCUT2D eigenvalue weighted by molar-refractivity contribution is 6.09. The molecule has 0 unspecified atom stereocenters. The smallest absolute Gasteiger partial charge is 0.270 e. The van der Waals surface area contributed by atoms with E-state index in [1.165, 1.54) is 12.1 Å². The second kappa shape index (κ2) is 3.57. The van der Waals surface area contributed by atoms with E-state index in [1.54, 1.807) is 18.2 Å². The molecular weight excluding hydrogens is 230 g/mol. The molecule has 2 aromatic carbocycles. The van der Waals surface area contributed by atoms with Crippen LogP contribution in [0.1, 0.15) is 5.56 Å². The third-order valence-corrected chi connectivity index (χ3v) is 2.95. The van der Waals surface area contributed by atoms with Crippen LogP contribution < -0.4 is 0 Å². The first kappa shape index (κ1) is 10.3. The Kier molecular flexibility index (Phi) is 2.04. The number of benzene rings is 2. The minimum Gasteiger partial charge on any atom is -0.353 e. The molecule has 0 radical (unpaired) electrons. The molecule has 1 N–H and O–H groups in total. The number of aromatic amines is 1. The van der Waals surface area contributed by atoms with Crippen molar-refractivity contribution in [3.63, 3.8) is 0 Å². The number of rotatable bonds is 1. The summed E-state index contributed by atoms with van der Waals surface area (Å²) in [5.74, 6) is 0. The van der Waals surface area contributed by atoms with Crippen LogP contribution in [0.5, 0.6) is 0 Å². The summed E-state index contributed by atoms with van der Waals surface area (Å²) in [6.45, 7) is 0. The van der Waals surface area contributed by atoms with Crippen molar-refractivity contribution in [2.75, 3.05) is 0 Å². The lowest BCUT2D eigenvalue weighted by Crippen LogP contribution is -1.86. The lowest BCUT2D eigenvalue weighted by Gasteiger charge is -1.93. The molecule has 0 spiro atoms. The van der Waals surface area contributed by atoms with Crippen LogP contribution in [0.2, 0.25) is 0 Å². The number of hydrogen-bond donors (Lipinski definition) is 1. The zero-order valence-electron chi connectivity index (χ0n) is 9.18. The normalized spacial score (nSPS) is 10.6. The van der Waals surface area contributed by atoms with Gasteiger partial charge in [-0.15, -0.1) is 0 Å². The Labute approximate surface area is 101 Å². The van der Waals surface area contributed by atoms with Crippen molar-refractivity contribution in [1.82, 2.24) is 4.98 Å². The van der Waals surface area contributed by atoms with Crippen molar-refractivity contribution < 1.29 is 4.92 Å². The van der Waals surface area contributed by atoms with Crippen LogP contribution in [-0.2, 0) is 0 Å². The van der Waals surface area contributed by atoms with Gasteiger partial charge in [-0.1, -0.05) is 12.1 Å². The molecule has 18 heavy (non-hydrogen) atoms. The molecule has 0 saturated heterocycles. The van der Waals surface area contributed by atoms with Crippen molar-refractivity contribution >= 4 is 27.5 Å². The summed E-state index contributed by atoms with van der Waals surface area (Å²) in [7, 11) is 0. The fourth-order valence-corrected chi connectivity index (χ4v) is 2.12. The van der Waals surface area contributed by atoms with E-state index in [0.29, 0.717) is 5.56 Å². The zero-order chi connectivity index (χ0) is 12.7. The molecule has 5 nitrogen and oxygen atoms in total. The molecule has 0 amide bonds. The van der Waals surface area contributed by atoms with Crippen LogP contribution in [0.3, 0.4) is 0 Å². The summed E-state index contributed by atoms with van der Waals surface area (Å²) in [4.78, 5) is 13.5. The molecule has 5 heteroatoms. The van der Waals surface area contributed by atoms with Gasteiger partial charge in [0.25, 0.3) is 5.69 Å². The number of H-pyrrole nitrogens is 1. The minimum atomic E-state index is -0.424. The average molecular weight is 237 g/mol. The molecular formula is C13H7N3O2. The number of non-ortho nitro benzene ring substituents is 1.